The monoisotopic (exact) mass is 240 g/mol. The maximum absolute atomic E-state index is 3.57. The molecule has 1 aromatic rings. The van der Waals surface area contributed by atoms with Gasteiger partial charge in [-0.15, -0.1) is 11.8 Å². The van der Waals surface area contributed by atoms with Crippen LogP contribution in [-0.2, 0) is 0 Å². The maximum Gasteiger partial charge on any atom is 0.506 e. The van der Waals surface area contributed by atoms with Crippen LogP contribution in [0.25, 0.3) is 0 Å². The predicted octanol–water partition coefficient (Wildman–Crippen LogP) is 2.44. The largest absolute Gasteiger partial charge is 0.506 e. The lowest BCUT2D eigenvalue weighted by molar-refractivity contribution is 1.45. The highest BCUT2D eigenvalue weighted by Crippen LogP contribution is 2.14. The highest BCUT2D eigenvalue weighted by molar-refractivity contribution is 9.23. The van der Waals surface area contributed by atoms with E-state index in [-0.39, 0.29) is 18.2 Å². The van der Waals surface area contributed by atoms with Gasteiger partial charge in [-0.3, -0.25) is 12.9 Å². The zero-order valence-corrected chi connectivity index (χ0v) is 10.3. The van der Waals surface area contributed by atoms with Gasteiger partial charge < -0.3 is 0 Å². The van der Waals surface area contributed by atoms with E-state index in [0.717, 1.165) is 5.75 Å². The summed E-state index contributed by atoms with van der Waals surface area (Å²) in [5.74, 6) is 1.16. The van der Waals surface area contributed by atoms with Gasteiger partial charge in [0.25, 0.3) is 0 Å². The Morgan fingerprint density at radius 1 is 1.55 bits per heavy atom. The lowest BCUT2D eigenvalue weighted by Gasteiger charge is -1.99. The van der Waals surface area contributed by atoms with Crippen LogP contribution in [0, 0.1) is 0 Å². The fraction of sp³-hybridized carbons (Fsp3) is 0.250. The van der Waals surface area contributed by atoms with Gasteiger partial charge in [0.15, 0.2) is 0 Å². The highest BCUT2D eigenvalue weighted by atomic mass is 79.9. The summed E-state index contributed by atoms with van der Waals surface area (Å²) in [4.78, 5) is 1.40. The van der Waals surface area contributed by atoms with Gasteiger partial charge in [-0.25, -0.2) is 0 Å². The molecule has 0 saturated heterocycles. The Bertz CT molecular complexity index is 227. The summed E-state index contributed by atoms with van der Waals surface area (Å²) in [5.41, 5.74) is 0. The maximum atomic E-state index is 3.57. The van der Waals surface area contributed by atoms with Gasteiger partial charge in [0.05, 0.1) is 0 Å². The van der Waals surface area contributed by atoms with Crippen LogP contribution in [0.2, 0.25) is 0 Å². The summed E-state index contributed by atoms with van der Waals surface area (Å²) in [5, 5.41) is 0. The molecule has 0 aliphatic heterocycles. The molecule has 0 radical (unpaired) electrons. The van der Waals surface area contributed by atoms with E-state index < -0.39 is 0 Å². The fourth-order valence-electron chi connectivity index (χ4n) is 0.885. The lowest BCUT2D eigenvalue weighted by Crippen LogP contribution is -2.06. The quantitative estimate of drug-likeness (QED) is 0.578. The summed E-state index contributed by atoms with van der Waals surface area (Å²) in [6, 6.07) is 8.80. The van der Waals surface area contributed by atoms with Crippen LogP contribution in [0.3, 0.4) is 0 Å². The van der Waals surface area contributed by atoms with E-state index in [0.29, 0.717) is 0 Å². The van der Waals surface area contributed by atoms with Crippen LogP contribution in [0.4, 0.5) is 0 Å². The number of thioether (sulfide) groups is 1. The first-order valence-corrected chi connectivity index (χ1v) is 9.23. The lowest BCUT2D eigenvalue weighted by atomic mass is 10.4. The van der Waals surface area contributed by atoms with Gasteiger partial charge in [-0.05, 0) is 11.8 Å². The number of rotatable bonds is 3. The molecule has 0 nitrogen and oxygen atoms in total. The Hall–Kier alpha value is 0.816. The SMILES string of the molecule is CCSc1ccc[c]([Mg][Br])c1. The average Bonchev–Trinajstić information content (AvgIpc) is 2.06. The number of benzene rings is 1. The Morgan fingerprint density at radius 2 is 2.36 bits per heavy atom. The van der Waals surface area contributed by atoms with Gasteiger partial charge in [0.1, 0.15) is 0 Å². The normalized spacial score (nSPS) is 9.27. The van der Waals surface area contributed by atoms with Crippen molar-refractivity contribution in [2.45, 2.75) is 11.8 Å². The first kappa shape index (κ1) is 9.90. The van der Waals surface area contributed by atoms with Crippen LogP contribution >= 0.6 is 24.6 Å². The molecule has 0 unspecified atom stereocenters. The van der Waals surface area contributed by atoms with Crippen LogP contribution in [0.5, 0.6) is 0 Å². The molecule has 0 aromatic heterocycles. The molecule has 0 spiro atoms. The minimum absolute atomic E-state index is 0.148. The van der Waals surface area contributed by atoms with Crippen molar-refractivity contribution >= 4 is 46.5 Å². The van der Waals surface area contributed by atoms with Crippen molar-refractivity contribution in [2.75, 3.05) is 5.75 Å². The van der Waals surface area contributed by atoms with Crippen molar-refractivity contribution in [3.05, 3.63) is 24.3 Å². The smallest absolute Gasteiger partial charge is 0.296 e. The molecule has 3 heteroatoms. The second-order valence-corrected chi connectivity index (χ2v) is 6.32. The van der Waals surface area contributed by atoms with Crippen molar-refractivity contribution in [3.63, 3.8) is 0 Å². The van der Waals surface area contributed by atoms with Crippen molar-refractivity contribution in [2.24, 2.45) is 0 Å². The van der Waals surface area contributed by atoms with Gasteiger partial charge >= 0.3 is 18.2 Å². The zero-order valence-electron chi connectivity index (χ0n) is 6.51. The Morgan fingerprint density at radius 3 is 3.00 bits per heavy atom. The molecule has 11 heavy (non-hydrogen) atoms. The fourth-order valence-corrected chi connectivity index (χ4v) is 3.34. The third kappa shape index (κ3) is 3.36. The molecular formula is C8H9BrMgS. The van der Waals surface area contributed by atoms with E-state index in [4.69, 9.17) is 0 Å². The predicted molar refractivity (Wildman–Crippen MR) is 57.2 cm³/mol. The van der Waals surface area contributed by atoms with Crippen molar-refractivity contribution in [3.8, 4) is 0 Å². The first-order valence-electron chi connectivity index (χ1n) is 3.64. The van der Waals surface area contributed by atoms with E-state index in [1.54, 1.807) is 0 Å². The summed E-state index contributed by atoms with van der Waals surface area (Å²) in [6.45, 7) is 2.18. The van der Waals surface area contributed by atoms with Gasteiger partial charge in [0.2, 0.25) is 0 Å². The minimum atomic E-state index is -0.148. The van der Waals surface area contributed by atoms with E-state index in [1.165, 1.54) is 8.59 Å². The standard InChI is InChI=1S/C8H9S.BrH.Mg/c1-2-9-8-6-4-3-5-7-8;;/h3-4,6-7H,2H2,1H3;1H;/q;;+1/p-1. The molecule has 0 aliphatic carbocycles. The molecule has 0 saturated carbocycles. The van der Waals surface area contributed by atoms with E-state index in [9.17, 15) is 0 Å². The molecule has 0 aliphatic rings. The number of hydrogen-bond donors (Lipinski definition) is 0. The molecule has 1 rings (SSSR count). The van der Waals surface area contributed by atoms with E-state index >= 15 is 0 Å². The summed E-state index contributed by atoms with van der Waals surface area (Å²) >= 11 is 5.33. The molecule has 0 amide bonds. The minimum Gasteiger partial charge on any atom is -0.296 e. The number of hydrogen-bond acceptors (Lipinski definition) is 1. The summed E-state index contributed by atoms with van der Waals surface area (Å²) < 4.78 is 1.49. The molecule has 0 N–H and O–H groups in total. The van der Waals surface area contributed by atoms with Crippen LogP contribution in [0.1, 0.15) is 6.92 Å². The summed E-state index contributed by atoms with van der Waals surface area (Å²) in [7, 11) is 0. The molecule has 0 fully saturated rings. The zero-order chi connectivity index (χ0) is 8.10. The third-order valence-electron chi connectivity index (χ3n) is 1.36. The molecule has 0 heterocycles. The first-order chi connectivity index (χ1) is 5.36. The highest BCUT2D eigenvalue weighted by Gasteiger charge is 1.95. The molecule has 0 bridgehead atoms. The van der Waals surface area contributed by atoms with E-state index in [1.807, 2.05) is 11.8 Å². The number of halogens is 1. The van der Waals surface area contributed by atoms with Gasteiger partial charge in [-0.2, -0.15) is 3.69 Å². The second kappa shape index (κ2) is 5.46. The molecule has 0 atom stereocenters. The van der Waals surface area contributed by atoms with E-state index in [2.05, 4.69) is 44.1 Å². The molecular weight excluding hydrogens is 232 g/mol. The van der Waals surface area contributed by atoms with Crippen LogP contribution in [-0.4, -0.2) is 23.9 Å². The topological polar surface area (TPSA) is 0 Å². The Kier molecular flexibility index (Phi) is 4.91. The van der Waals surface area contributed by atoms with Gasteiger partial charge in [-0.1, -0.05) is 25.1 Å². The third-order valence-corrected chi connectivity index (χ3v) is 4.93. The van der Waals surface area contributed by atoms with Gasteiger partial charge in [0, 0.05) is 4.90 Å². The molecule has 56 valence electrons. The second-order valence-electron chi connectivity index (χ2n) is 2.21. The Balaban J connectivity index is 2.74. The van der Waals surface area contributed by atoms with Crippen molar-refractivity contribution < 1.29 is 0 Å². The van der Waals surface area contributed by atoms with Crippen molar-refractivity contribution in [1.82, 2.24) is 0 Å². The van der Waals surface area contributed by atoms with Crippen molar-refractivity contribution in [1.29, 1.82) is 0 Å². The van der Waals surface area contributed by atoms with Crippen LogP contribution < -0.4 is 3.69 Å². The average molecular weight is 241 g/mol. The Labute approximate surface area is 87.7 Å². The summed E-state index contributed by atoms with van der Waals surface area (Å²) in [6.07, 6.45) is 0. The van der Waals surface area contributed by atoms with Crippen LogP contribution in [0.15, 0.2) is 29.2 Å². The molecule has 1 aromatic carbocycles.